The zero-order chi connectivity index (χ0) is 10.7. The van der Waals surface area contributed by atoms with Crippen LogP contribution in [0.1, 0.15) is 12.5 Å². The van der Waals surface area contributed by atoms with Crippen LogP contribution in [-0.2, 0) is 11.2 Å². The summed E-state index contributed by atoms with van der Waals surface area (Å²) in [6, 6.07) is 3.00. The van der Waals surface area contributed by atoms with E-state index in [1.807, 2.05) is 0 Å². The minimum atomic E-state index is -0.560. The van der Waals surface area contributed by atoms with E-state index in [1.54, 1.807) is 0 Å². The van der Waals surface area contributed by atoms with Gasteiger partial charge in [0.05, 0.1) is 12.1 Å². The molecule has 0 radical (unpaired) electrons. The fourth-order valence-electron chi connectivity index (χ4n) is 1.17. The SMILES string of the molecule is COc1c(Cl)ccc(CC(C)=O)c1F. The van der Waals surface area contributed by atoms with Gasteiger partial charge in [-0.1, -0.05) is 17.7 Å². The first kappa shape index (κ1) is 11.0. The Kier molecular flexibility index (Phi) is 3.47. The van der Waals surface area contributed by atoms with E-state index in [0.717, 1.165) is 0 Å². The third-order valence-corrected chi connectivity index (χ3v) is 2.07. The van der Waals surface area contributed by atoms with Crippen LogP contribution in [-0.4, -0.2) is 12.9 Å². The molecule has 0 saturated carbocycles. The van der Waals surface area contributed by atoms with Crippen LogP contribution < -0.4 is 4.74 Å². The molecule has 0 aliphatic rings. The van der Waals surface area contributed by atoms with Crippen molar-refractivity contribution in [1.82, 2.24) is 0 Å². The maximum absolute atomic E-state index is 13.5. The third-order valence-electron chi connectivity index (χ3n) is 1.77. The number of Topliss-reactive ketones (excluding diaryl/α,β-unsaturated/α-hetero) is 1. The van der Waals surface area contributed by atoms with E-state index in [2.05, 4.69) is 0 Å². The van der Waals surface area contributed by atoms with Crippen molar-refractivity contribution in [2.45, 2.75) is 13.3 Å². The number of benzene rings is 1. The van der Waals surface area contributed by atoms with Crippen LogP contribution in [0, 0.1) is 5.82 Å². The lowest BCUT2D eigenvalue weighted by Gasteiger charge is -2.07. The summed E-state index contributed by atoms with van der Waals surface area (Å²) < 4.78 is 18.3. The minimum absolute atomic E-state index is 0.00887. The molecule has 0 amide bonds. The van der Waals surface area contributed by atoms with Crippen molar-refractivity contribution in [2.75, 3.05) is 7.11 Å². The monoisotopic (exact) mass is 216 g/mol. The van der Waals surface area contributed by atoms with Gasteiger partial charge in [-0.05, 0) is 18.6 Å². The zero-order valence-electron chi connectivity index (χ0n) is 7.93. The van der Waals surface area contributed by atoms with Gasteiger partial charge in [0, 0.05) is 6.42 Å². The van der Waals surface area contributed by atoms with Crippen LogP contribution >= 0.6 is 11.6 Å². The van der Waals surface area contributed by atoms with Crippen LogP contribution in [0.5, 0.6) is 5.75 Å². The Hall–Kier alpha value is -1.09. The molecule has 76 valence electrons. The molecule has 0 N–H and O–H groups in total. The van der Waals surface area contributed by atoms with Gasteiger partial charge in [0.1, 0.15) is 5.78 Å². The fourth-order valence-corrected chi connectivity index (χ4v) is 1.39. The number of methoxy groups -OCH3 is 1. The molecule has 0 bridgehead atoms. The van der Waals surface area contributed by atoms with Gasteiger partial charge in [0.2, 0.25) is 0 Å². The second-order valence-corrected chi connectivity index (χ2v) is 3.34. The van der Waals surface area contributed by atoms with E-state index < -0.39 is 5.82 Å². The summed E-state index contributed by atoms with van der Waals surface area (Å²) in [5.74, 6) is -0.672. The van der Waals surface area contributed by atoms with E-state index in [9.17, 15) is 9.18 Å². The molecule has 14 heavy (non-hydrogen) atoms. The quantitative estimate of drug-likeness (QED) is 0.777. The Bertz CT molecular complexity index is 363. The average molecular weight is 217 g/mol. The topological polar surface area (TPSA) is 26.3 Å². The molecular formula is C10H10ClFO2. The van der Waals surface area contributed by atoms with Crippen molar-refractivity contribution >= 4 is 17.4 Å². The first-order valence-electron chi connectivity index (χ1n) is 4.06. The number of ketones is 1. The maximum atomic E-state index is 13.5. The second kappa shape index (κ2) is 4.42. The van der Waals surface area contributed by atoms with Crippen LogP contribution in [0.3, 0.4) is 0 Å². The lowest BCUT2D eigenvalue weighted by atomic mass is 10.1. The molecule has 0 aliphatic carbocycles. The van der Waals surface area contributed by atoms with Gasteiger partial charge in [-0.15, -0.1) is 0 Å². The molecule has 0 aromatic heterocycles. The van der Waals surface area contributed by atoms with Gasteiger partial charge in [0.25, 0.3) is 0 Å². The molecule has 4 heteroatoms. The highest BCUT2D eigenvalue weighted by Crippen LogP contribution is 2.29. The molecule has 0 heterocycles. The molecule has 1 aromatic rings. The van der Waals surface area contributed by atoms with Crippen molar-refractivity contribution in [3.8, 4) is 5.75 Å². The highest BCUT2D eigenvalue weighted by atomic mass is 35.5. The van der Waals surface area contributed by atoms with E-state index in [-0.39, 0.29) is 23.0 Å². The summed E-state index contributed by atoms with van der Waals surface area (Å²) in [5, 5.41) is 0.206. The number of rotatable bonds is 3. The van der Waals surface area contributed by atoms with Crippen molar-refractivity contribution in [2.24, 2.45) is 0 Å². The summed E-state index contributed by atoms with van der Waals surface area (Å²) in [5.41, 5.74) is 0.304. The predicted molar refractivity (Wildman–Crippen MR) is 52.3 cm³/mol. The van der Waals surface area contributed by atoms with Crippen molar-refractivity contribution in [3.05, 3.63) is 28.5 Å². The lowest BCUT2D eigenvalue weighted by molar-refractivity contribution is -0.116. The summed E-state index contributed by atoms with van der Waals surface area (Å²) in [6.07, 6.45) is 0.0549. The van der Waals surface area contributed by atoms with Crippen LogP contribution in [0.4, 0.5) is 4.39 Å². The number of halogens is 2. The first-order valence-corrected chi connectivity index (χ1v) is 4.44. The van der Waals surface area contributed by atoms with E-state index in [0.29, 0.717) is 5.56 Å². The summed E-state index contributed by atoms with van der Waals surface area (Å²) >= 11 is 5.69. The molecule has 1 rings (SSSR count). The molecule has 0 saturated heterocycles. The van der Waals surface area contributed by atoms with Crippen LogP contribution in [0.2, 0.25) is 5.02 Å². The smallest absolute Gasteiger partial charge is 0.173 e. The normalized spacial score (nSPS) is 10.0. The molecular weight excluding hydrogens is 207 g/mol. The van der Waals surface area contributed by atoms with Crippen LogP contribution in [0.25, 0.3) is 0 Å². The minimum Gasteiger partial charge on any atom is -0.492 e. The highest BCUT2D eigenvalue weighted by molar-refractivity contribution is 6.32. The van der Waals surface area contributed by atoms with E-state index >= 15 is 0 Å². The van der Waals surface area contributed by atoms with Gasteiger partial charge < -0.3 is 4.74 Å². The Morgan fingerprint density at radius 2 is 2.21 bits per heavy atom. The third kappa shape index (κ3) is 2.23. The van der Waals surface area contributed by atoms with Gasteiger partial charge >= 0.3 is 0 Å². The van der Waals surface area contributed by atoms with Crippen LogP contribution in [0.15, 0.2) is 12.1 Å². The number of hydrogen-bond donors (Lipinski definition) is 0. The van der Waals surface area contributed by atoms with Crippen molar-refractivity contribution in [1.29, 1.82) is 0 Å². The Morgan fingerprint density at radius 3 is 2.71 bits per heavy atom. The standard InChI is InChI=1S/C10H10ClFO2/c1-6(13)5-7-3-4-8(11)10(14-2)9(7)12/h3-4H,5H2,1-2H3. The maximum Gasteiger partial charge on any atom is 0.173 e. The van der Waals surface area contributed by atoms with E-state index in [1.165, 1.54) is 26.2 Å². The molecule has 0 spiro atoms. The van der Waals surface area contributed by atoms with E-state index in [4.69, 9.17) is 16.3 Å². The summed E-state index contributed by atoms with van der Waals surface area (Å²) in [6.45, 7) is 1.40. The average Bonchev–Trinajstić information content (AvgIpc) is 2.10. The predicted octanol–water partition coefficient (Wildman–Crippen LogP) is 2.62. The molecule has 1 aromatic carbocycles. The number of hydrogen-bond acceptors (Lipinski definition) is 2. The summed E-state index contributed by atoms with van der Waals surface area (Å²) in [7, 11) is 1.34. The summed E-state index contributed by atoms with van der Waals surface area (Å²) in [4.78, 5) is 10.8. The molecule has 0 aliphatic heterocycles. The number of carbonyl (C=O) groups excluding carboxylic acids is 1. The Morgan fingerprint density at radius 1 is 1.57 bits per heavy atom. The lowest BCUT2D eigenvalue weighted by Crippen LogP contribution is -2.01. The molecule has 0 atom stereocenters. The second-order valence-electron chi connectivity index (χ2n) is 2.93. The Balaban J connectivity index is 3.14. The largest absolute Gasteiger partial charge is 0.492 e. The molecule has 0 fully saturated rings. The fraction of sp³-hybridized carbons (Fsp3) is 0.300. The van der Waals surface area contributed by atoms with Crippen molar-refractivity contribution in [3.63, 3.8) is 0 Å². The Labute approximate surface area is 86.6 Å². The molecule has 2 nitrogen and oxygen atoms in total. The molecule has 0 unspecified atom stereocenters. The first-order chi connectivity index (χ1) is 6.56. The van der Waals surface area contributed by atoms with Gasteiger partial charge in [-0.25, -0.2) is 4.39 Å². The van der Waals surface area contributed by atoms with Crippen molar-refractivity contribution < 1.29 is 13.9 Å². The van der Waals surface area contributed by atoms with Gasteiger partial charge in [-0.2, -0.15) is 0 Å². The number of ether oxygens (including phenoxy) is 1. The van der Waals surface area contributed by atoms with Gasteiger partial charge in [0.15, 0.2) is 11.6 Å². The highest BCUT2D eigenvalue weighted by Gasteiger charge is 2.13. The number of carbonyl (C=O) groups is 1. The zero-order valence-corrected chi connectivity index (χ0v) is 8.69. The van der Waals surface area contributed by atoms with Gasteiger partial charge in [-0.3, -0.25) is 4.79 Å².